The highest BCUT2D eigenvalue weighted by atomic mass is 16.2. The number of carbonyl (C=O) groups excluding carboxylic acids is 2. The minimum atomic E-state index is 0.105. The first-order valence-electron chi connectivity index (χ1n) is 8.71. The zero-order valence-electron chi connectivity index (χ0n) is 13.6. The summed E-state index contributed by atoms with van der Waals surface area (Å²) in [6, 6.07) is 0.564. The zero-order valence-corrected chi connectivity index (χ0v) is 13.6. The lowest BCUT2D eigenvalue weighted by Crippen LogP contribution is -2.54. The number of nitrogens with one attached hydrogen (secondary N) is 1. The van der Waals surface area contributed by atoms with Gasteiger partial charge in [0.05, 0.1) is 0 Å². The number of amides is 3. The third-order valence-corrected chi connectivity index (χ3v) is 5.17. The molecule has 0 spiro atoms. The number of piperidine rings is 1. The van der Waals surface area contributed by atoms with E-state index in [0.29, 0.717) is 11.9 Å². The molecule has 0 saturated carbocycles. The molecule has 3 fully saturated rings. The van der Waals surface area contributed by atoms with Crippen LogP contribution in [0.5, 0.6) is 0 Å². The fourth-order valence-electron chi connectivity index (χ4n) is 3.82. The van der Waals surface area contributed by atoms with Crippen LogP contribution in [-0.4, -0.2) is 78.5 Å². The molecule has 6 nitrogen and oxygen atoms in total. The number of carbonyl (C=O) groups is 2. The van der Waals surface area contributed by atoms with Crippen LogP contribution in [0, 0.1) is 5.92 Å². The van der Waals surface area contributed by atoms with Crippen LogP contribution in [0.25, 0.3) is 0 Å². The molecule has 3 heterocycles. The van der Waals surface area contributed by atoms with Crippen molar-refractivity contribution in [1.29, 1.82) is 0 Å². The van der Waals surface area contributed by atoms with Crippen molar-refractivity contribution in [2.24, 2.45) is 5.92 Å². The third kappa shape index (κ3) is 3.37. The zero-order chi connectivity index (χ0) is 15.5. The van der Waals surface area contributed by atoms with Crippen LogP contribution in [0.15, 0.2) is 0 Å². The Balaban J connectivity index is 1.48. The van der Waals surface area contributed by atoms with Crippen molar-refractivity contribution in [1.82, 2.24) is 20.0 Å². The summed E-state index contributed by atoms with van der Waals surface area (Å²) in [5, 5.41) is 3.37. The van der Waals surface area contributed by atoms with Crippen LogP contribution in [0.4, 0.5) is 4.79 Å². The van der Waals surface area contributed by atoms with Gasteiger partial charge in [0.2, 0.25) is 5.91 Å². The van der Waals surface area contributed by atoms with Gasteiger partial charge in [0.1, 0.15) is 0 Å². The van der Waals surface area contributed by atoms with Crippen molar-refractivity contribution in [3.05, 3.63) is 0 Å². The number of hydrogen-bond donors (Lipinski definition) is 1. The van der Waals surface area contributed by atoms with Crippen molar-refractivity contribution in [2.75, 3.05) is 45.8 Å². The maximum atomic E-state index is 12.6. The molecule has 0 aliphatic carbocycles. The van der Waals surface area contributed by atoms with Gasteiger partial charge in [-0.15, -0.1) is 0 Å². The van der Waals surface area contributed by atoms with E-state index in [1.807, 2.05) is 14.7 Å². The molecule has 3 aliphatic heterocycles. The van der Waals surface area contributed by atoms with E-state index < -0.39 is 0 Å². The fraction of sp³-hybridized carbons (Fsp3) is 0.875. The molecular formula is C16H28N4O2. The van der Waals surface area contributed by atoms with Gasteiger partial charge in [-0.25, -0.2) is 4.79 Å². The Morgan fingerprint density at radius 3 is 2.18 bits per heavy atom. The summed E-state index contributed by atoms with van der Waals surface area (Å²) in [4.78, 5) is 30.9. The molecule has 3 rings (SSSR count). The molecule has 0 aromatic rings. The van der Waals surface area contributed by atoms with Gasteiger partial charge in [-0.1, -0.05) is 0 Å². The number of urea groups is 1. The highest BCUT2D eigenvalue weighted by Gasteiger charge is 2.33. The van der Waals surface area contributed by atoms with Crippen LogP contribution < -0.4 is 5.32 Å². The molecule has 1 N–H and O–H groups in total. The van der Waals surface area contributed by atoms with Crippen LogP contribution in [0.1, 0.15) is 32.6 Å². The number of hydrogen-bond acceptors (Lipinski definition) is 3. The van der Waals surface area contributed by atoms with Crippen molar-refractivity contribution >= 4 is 11.9 Å². The SMILES string of the molecule is CC1CN(C(=O)C2CCN(C(=O)N3CCCC3)CC2)CCN1. The van der Waals surface area contributed by atoms with E-state index in [0.717, 1.165) is 71.5 Å². The first-order chi connectivity index (χ1) is 10.6. The Bertz CT molecular complexity index is 414. The van der Waals surface area contributed by atoms with Crippen LogP contribution >= 0.6 is 0 Å². The Morgan fingerprint density at radius 1 is 0.909 bits per heavy atom. The van der Waals surface area contributed by atoms with Gasteiger partial charge < -0.3 is 20.0 Å². The molecule has 0 aromatic carbocycles. The molecule has 1 unspecified atom stereocenters. The largest absolute Gasteiger partial charge is 0.340 e. The van der Waals surface area contributed by atoms with Gasteiger partial charge in [-0.05, 0) is 32.6 Å². The average molecular weight is 308 g/mol. The van der Waals surface area contributed by atoms with Gasteiger partial charge in [-0.3, -0.25) is 4.79 Å². The maximum absolute atomic E-state index is 12.6. The number of likely N-dealkylation sites (tertiary alicyclic amines) is 2. The Morgan fingerprint density at radius 2 is 1.55 bits per heavy atom. The predicted octanol–water partition coefficient (Wildman–Crippen LogP) is 0.735. The second-order valence-corrected chi connectivity index (χ2v) is 6.88. The van der Waals surface area contributed by atoms with E-state index in [2.05, 4.69) is 12.2 Å². The lowest BCUT2D eigenvalue weighted by atomic mass is 9.95. The number of piperazine rings is 1. The van der Waals surface area contributed by atoms with E-state index in [4.69, 9.17) is 0 Å². The molecule has 6 heteroatoms. The van der Waals surface area contributed by atoms with Crippen molar-refractivity contribution in [2.45, 2.75) is 38.6 Å². The topological polar surface area (TPSA) is 55.9 Å². The first-order valence-corrected chi connectivity index (χ1v) is 8.71. The van der Waals surface area contributed by atoms with E-state index in [1.165, 1.54) is 0 Å². The minimum Gasteiger partial charge on any atom is -0.340 e. The molecule has 22 heavy (non-hydrogen) atoms. The van der Waals surface area contributed by atoms with E-state index in [9.17, 15) is 9.59 Å². The minimum absolute atomic E-state index is 0.105. The van der Waals surface area contributed by atoms with Crippen molar-refractivity contribution in [3.63, 3.8) is 0 Å². The van der Waals surface area contributed by atoms with Crippen molar-refractivity contribution in [3.8, 4) is 0 Å². The summed E-state index contributed by atoms with van der Waals surface area (Å²) < 4.78 is 0. The summed E-state index contributed by atoms with van der Waals surface area (Å²) in [6.07, 6.45) is 3.89. The van der Waals surface area contributed by atoms with E-state index >= 15 is 0 Å². The van der Waals surface area contributed by atoms with Crippen molar-refractivity contribution < 1.29 is 9.59 Å². The lowest BCUT2D eigenvalue weighted by Gasteiger charge is -2.38. The smallest absolute Gasteiger partial charge is 0.319 e. The molecule has 124 valence electrons. The molecule has 0 aromatic heterocycles. The van der Waals surface area contributed by atoms with E-state index in [-0.39, 0.29) is 11.9 Å². The second kappa shape index (κ2) is 6.86. The quantitative estimate of drug-likeness (QED) is 0.777. The summed E-state index contributed by atoms with van der Waals surface area (Å²) >= 11 is 0. The third-order valence-electron chi connectivity index (χ3n) is 5.17. The average Bonchev–Trinajstić information content (AvgIpc) is 3.08. The molecule has 3 aliphatic rings. The highest BCUT2D eigenvalue weighted by Crippen LogP contribution is 2.22. The summed E-state index contributed by atoms with van der Waals surface area (Å²) in [7, 11) is 0. The Hall–Kier alpha value is -1.30. The normalized spacial score (nSPS) is 27.3. The predicted molar refractivity (Wildman–Crippen MR) is 84.5 cm³/mol. The van der Waals surface area contributed by atoms with Crippen LogP contribution in [-0.2, 0) is 4.79 Å². The Kier molecular flexibility index (Phi) is 4.86. The maximum Gasteiger partial charge on any atom is 0.319 e. The van der Waals surface area contributed by atoms with E-state index in [1.54, 1.807) is 0 Å². The van der Waals surface area contributed by atoms with Gasteiger partial charge >= 0.3 is 6.03 Å². The molecule has 0 radical (unpaired) electrons. The monoisotopic (exact) mass is 308 g/mol. The number of nitrogens with zero attached hydrogens (tertiary/aromatic N) is 3. The van der Waals surface area contributed by atoms with Crippen LogP contribution in [0.2, 0.25) is 0 Å². The Labute approximate surface area is 132 Å². The highest BCUT2D eigenvalue weighted by molar-refractivity contribution is 5.80. The molecule has 3 saturated heterocycles. The van der Waals surface area contributed by atoms with Crippen LogP contribution in [0.3, 0.4) is 0 Å². The molecule has 3 amide bonds. The molecule has 1 atom stereocenters. The summed E-state index contributed by atoms with van der Waals surface area (Å²) in [5.74, 6) is 0.398. The van der Waals surface area contributed by atoms with Gasteiger partial charge in [-0.2, -0.15) is 0 Å². The molecular weight excluding hydrogens is 280 g/mol. The summed E-state index contributed by atoms with van der Waals surface area (Å²) in [6.45, 7) is 7.89. The standard InChI is InChI=1S/C16H28N4O2/c1-13-12-20(11-6-17-13)15(21)14-4-9-19(10-5-14)16(22)18-7-2-3-8-18/h13-14,17H,2-12H2,1H3. The second-order valence-electron chi connectivity index (χ2n) is 6.88. The van der Waals surface area contributed by atoms with Gasteiger partial charge in [0.25, 0.3) is 0 Å². The van der Waals surface area contributed by atoms with Gasteiger partial charge in [0, 0.05) is 57.8 Å². The molecule has 0 bridgehead atoms. The number of rotatable bonds is 1. The van der Waals surface area contributed by atoms with Gasteiger partial charge in [0.15, 0.2) is 0 Å². The summed E-state index contributed by atoms with van der Waals surface area (Å²) in [5.41, 5.74) is 0. The first kappa shape index (κ1) is 15.6. The lowest BCUT2D eigenvalue weighted by molar-refractivity contribution is -0.138. The fourth-order valence-corrected chi connectivity index (χ4v) is 3.82.